The Kier molecular flexibility index (Phi) is 6.00. The van der Waals surface area contributed by atoms with Crippen LogP contribution in [-0.2, 0) is 10.0 Å². The van der Waals surface area contributed by atoms with Gasteiger partial charge in [-0.1, -0.05) is 6.92 Å². The van der Waals surface area contributed by atoms with Gasteiger partial charge < -0.3 is 15.3 Å². The van der Waals surface area contributed by atoms with Crippen molar-refractivity contribution in [2.45, 2.75) is 25.5 Å². The van der Waals surface area contributed by atoms with Crippen molar-refractivity contribution in [3.05, 3.63) is 0 Å². The summed E-state index contributed by atoms with van der Waals surface area (Å²) >= 11 is 0. The Hall–Kier alpha value is -0.210. The number of aliphatic hydroxyl groups excluding tert-OH is 1. The van der Waals surface area contributed by atoms with E-state index in [1.54, 1.807) is 0 Å². The summed E-state index contributed by atoms with van der Waals surface area (Å²) in [5, 5.41) is 12.7. The molecule has 0 bridgehead atoms. The van der Waals surface area contributed by atoms with Crippen molar-refractivity contribution in [2.75, 3.05) is 46.0 Å². The molecule has 7 heteroatoms. The number of rotatable bonds is 7. The molecule has 0 aromatic carbocycles. The van der Waals surface area contributed by atoms with Crippen molar-refractivity contribution in [3.63, 3.8) is 0 Å². The zero-order valence-corrected chi connectivity index (χ0v) is 12.3. The van der Waals surface area contributed by atoms with Gasteiger partial charge in [0.05, 0.1) is 11.9 Å². The maximum atomic E-state index is 12.2. The first-order valence-corrected chi connectivity index (χ1v) is 8.00. The third kappa shape index (κ3) is 4.47. The molecule has 2 unspecified atom stereocenters. The van der Waals surface area contributed by atoms with E-state index in [-0.39, 0.29) is 18.3 Å². The van der Waals surface area contributed by atoms with Gasteiger partial charge in [-0.15, -0.1) is 0 Å². The van der Waals surface area contributed by atoms with Crippen molar-refractivity contribution in [2.24, 2.45) is 0 Å². The molecule has 1 aliphatic rings. The fourth-order valence-electron chi connectivity index (χ4n) is 2.29. The van der Waals surface area contributed by atoms with Crippen LogP contribution in [0, 0.1) is 0 Å². The molecule has 2 N–H and O–H groups in total. The van der Waals surface area contributed by atoms with Crippen LogP contribution in [0.5, 0.6) is 0 Å². The number of likely N-dealkylation sites (N-methyl/N-ethyl adjacent to an activating group) is 1. The average molecular weight is 279 g/mol. The molecule has 18 heavy (non-hydrogen) atoms. The molecule has 1 fully saturated rings. The van der Waals surface area contributed by atoms with Crippen LogP contribution in [-0.4, -0.2) is 80.9 Å². The quantitative estimate of drug-likeness (QED) is 0.580. The Bertz CT molecular complexity index is 345. The number of nitrogens with zero attached hydrogens (tertiary/aromatic N) is 2. The molecule has 108 valence electrons. The average Bonchev–Trinajstić information content (AvgIpc) is 2.59. The van der Waals surface area contributed by atoms with E-state index in [0.717, 1.165) is 6.54 Å². The Morgan fingerprint density at radius 2 is 2.11 bits per heavy atom. The number of hydrogen-bond acceptors (Lipinski definition) is 5. The lowest BCUT2D eigenvalue weighted by atomic mass is 10.2. The van der Waals surface area contributed by atoms with Gasteiger partial charge in [0.1, 0.15) is 0 Å². The van der Waals surface area contributed by atoms with Crippen LogP contribution in [0.1, 0.15) is 13.3 Å². The van der Waals surface area contributed by atoms with Gasteiger partial charge in [0.15, 0.2) is 0 Å². The van der Waals surface area contributed by atoms with Crippen LogP contribution in [0.15, 0.2) is 0 Å². The Balaban J connectivity index is 2.65. The topological polar surface area (TPSA) is 72.9 Å². The molecule has 1 heterocycles. The third-order valence-electron chi connectivity index (χ3n) is 3.06. The van der Waals surface area contributed by atoms with Gasteiger partial charge in [-0.2, -0.15) is 4.31 Å². The minimum Gasteiger partial charge on any atom is -0.392 e. The first kappa shape index (κ1) is 15.8. The summed E-state index contributed by atoms with van der Waals surface area (Å²) in [4.78, 5) is 1.95. The summed E-state index contributed by atoms with van der Waals surface area (Å²) in [6, 6.07) is -0.110. The summed E-state index contributed by atoms with van der Waals surface area (Å²) in [5.74, 6) is 0.0947. The van der Waals surface area contributed by atoms with E-state index < -0.39 is 16.1 Å². The molecule has 0 spiro atoms. The van der Waals surface area contributed by atoms with E-state index in [9.17, 15) is 13.5 Å². The minimum absolute atomic E-state index is 0.0947. The van der Waals surface area contributed by atoms with Crippen molar-refractivity contribution in [1.82, 2.24) is 14.5 Å². The summed E-state index contributed by atoms with van der Waals surface area (Å²) in [7, 11) is 0.546. The van der Waals surface area contributed by atoms with Gasteiger partial charge in [0, 0.05) is 25.7 Å². The van der Waals surface area contributed by atoms with Crippen molar-refractivity contribution in [3.8, 4) is 0 Å². The molecule has 0 aromatic rings. The number of hydrogen-bond donors (Lipinski definition) is 2. The van der Waals surface area contributed by atoms with E-state index >= 15 is 0 Å². The minimum atomic E-state index is -3.28. The highest BCUT2D eigenvalue weighted by Crippen LogP contribution is 2.22. The zero-order chi connectivity index (χ0) is 13.8. The van der Waals surface area contributed by atoms with E-state index in [1.165, 1.54) is 4.31 Å². The molecule has 2 atom stereocenters. The fourth-order valence-corrected chi connectivity index (χ4v) is 3.93. The van der Waals surface area contributed by atoms with Crippen LogP contribution in [0.4, 0.5) is 0 Å². The SMILES string of the molecule is CCNCCS(=O)(=O)N1CC(O)CC1CN(C)C. The second-order valence-electron chi connectivity index (χ2n) is 5.04. The fraction of sp³-hybridized carbons (Fsp3) is 1.00. The van der Waals surface area contributed by atoms with E-state index in [0.29, 0.717) is 19.5 Å². The summed E-state index contributed by atoms with van der Waals surface area (Å²) in [6.45, 7) is 4.05. The third-order valence-corrected chi connectivity index (χ3v) is 4.94. The highest BCUT2D eigenvalue weighted by Gasteiger charge is 2.38. The van der Waals surface area contributed by atoms with Gasteiger partial charge in [0.2, 0.25) is 10.0 Å². The van der Waals surface area contributed by atoms with Gasteiger partial charge in [0.25, 0.3) is 0 Å². The van der Waals surface area contributed by atoms with Crippen molar-refractivity contribution >= 4 is 10.0 Å². The van der Waals surface area contributed by atoms with E-state index in [4.69, 9.17) is 0 Å². The van der Waals surface area contributed by atoms with Crippen LogP contribution < -0.4 is 5.32 Å². The van der Waals surface area contributed by atoms with Gasteiger partial charge in [-0.3, -0.25) is 0 Å². The van der Waals surface area contributed by atoms with Gasteiger partial charge >= 0.3 is 0 Å². The highest BCUT2D eigenvalue weighted by atomic mass is 32.2. The largest absolute Gasteiger partial charge is 0.392 e. The maximum absolute atomic E-state index is 12.2. The standard InChI is InChI=1S/C11H25N3O3S/c1-4-12-5-6-18(16,17)14-9-11(15)7-10(14)8-13(2)3/h10-12,15H,4-9H2,1-3H3. The summed E-state index contributed by atoms with van der Waals surface area (Å²) in [6.07, 6.45) is -0.0117. The number of nitrogens with one attached hydrogen (secondary N) is 1. The first-order valence-electron chi connectivity index (χ1n) is 6.40. The van der Waals surface area contributed by atoms with Crippen LogP contribution in [0.25, 0.3) is 0 Å². The molecule has 6 nitrogen and oxygen atoms in total. The molecule has 1 aliphatic heterocycles. The van der Waals surface area contributed by atoms with E-state index in [2.05, 4.69) is 5.32 Å². The molecule has 1 rings (SSSR count). The Labute approximate surface area is 110 Å². The lowest BCUT2D eigenvalue weighted by molar-refractivity contribution is 0.188. The Morgan fingerprint density at radius 1 is 1.44 bits per heavy atom. The van der Waals surface area contributed by atoms with Gasteiger partial charge in [-0.25, -0.2) is 8.42 Å². The molecule has 1 saturated heterocycles. The number of aliphatic hydroxyl groups is 1. The second-order valence-corrected chi connectivity index (χ2v) is 7.09. The Morgan fingerprint density at radius 3 is 2.67 bits per heavy atom. The molecular formula is C11H25N3O3S. The molecular weight excluding hydrogens is 254 g/mol. The number of β-amino-alcohol motifs (C(OH)–C–C–N with tert-alkyl or cyclic N) is 1. The molecule has 0 radical (unpaired) electrons. The van der Waals surface area contributed by atoms with Crippen LogP contribution >= 0.6 is 0 Å². The van der Waals surface area contributed by atoms with Crippen LogP contribution in [0.3, 0.4) is 0 Å². The molecule has 0 amide bonds. The zero-order valence-electron chi connectivity index (χ0n) is 11.5. The van der Waals surface area contributed by atoms with Gasteiger partial charge in [-0.05, 0) is 27.1 Å². The molecule has 0 saturated carbocycles. The summed E-state index contributed by atoms with van der Waals surface area (Å²) in [5.41, 5.74) is 0. The normalized spacial score (nSPS) is 26.1. The first-order chi connectivity index (χ1) is 8.36. The molecule has 0 aromatic heterocycles. The molecule has 0 aliphatic carbocycles. The monoisotopic (exact) mass is 279 g/mol. The predicted molar refractivity (Wildman–Crippen MR) is 72.0 cm³/mol. The second kappa shape index (κ2) is 6.81. The smallest absolute Gasteiger partial charge is 0.215 e. The highest BCUT2D eigenvalue weighted by molar-refractivity contribution is 7.89. The predicted octanol–water partition coefficient (Wildman–Crippen LogP) is -1.08. The summed E-state index contributed by atoms with van der Waals surface area (Å²) < 4.78 is 25.9. The van der Waals surface area contributed by atoms with Crippen molar-refractivity contribution < 1.29 is 13.5 Å². The van der Waals surface area contributed by atoms with E-state index in [1.807, 2.05) is 25.9 Å². The van der Waals surface area contributed by atoms with Crippen molar-refractivity contribution in [1.29, 1.82) is 0 Å². The maximum Gasteiger partial charge on any atom is 0.215 e. The lowest BCUT2D eigenvalue weighted by Gasteiger charge is -2.26. The lowest BCUT2D eigenvalue weighted by Crippen LogP contribution is -2.43. The number of sulfonamides is 1. The van der Waals surface area contributed by atoms with Crippen LogP contribution in [0.2, 0.25) is 0 Å².